The minimum absolute atomic E-state index is 0.0636. The van der Waals surface area contributed by atoms with Crippen molar-refractivity contribution in [1.82, 2.24) is 10.5 Å². The fraction of sp³-hybridized carbons (Fsp3) is 0.231. The van der Waals surface area contributed by atoms with Crippen molar-refractivity contribution < 1.29 is 18.8 Å². The molecular formula is C13H13FN2O3. The largest absolute Gasteiger partial charge is 0.478 e. The van der Waals surface area contributed by atoms with E-state index in [1.165, 1.54) is 12.1 Å². The number of hydrogen-bond acceptors (Lipinski definition) is 4. The van der Waals surface area contributed by atoms with Gasteiger partial charge in [-0.15, -0.1) is 0 Å². The molecule has 100 valence electrons. The summed E-state index contributed by atoms with van der Waals surface area (Å²) in [7, 11) is 0. The standard InChI is InChI=1S/C13H13FN2O3/c1-8-4-11(19-16-8)7-15-6-10-5-9(13(17)18)2-3-12(10)14/h2-5,15H,6-7H2,1H3,(H,17,18). The summed E-state index contributed by atoms with van der Waals surface area (Å²) >= 11 is 0. The van der Waals surface area contributed by atoms with E-state index >= 15 is 0 Å². The molecule has 0 amide bonds. The molecule has 2 rings (SSSR count). The number of carboxylic acid groups (broad SMARTS) is 1. The Morgan fingerprint density at radius 3 is 2.84 bits per heavy atom. The molecule has 0 fully saturated rings. The third-order valence-electron chi connectivity index (χ3n) is 2.58. The molecule has 0 atom stereocenters. The Hall–Kier alpha value is -2.21. The summed E-state index contributed by atoms with van der Waals surface area (Å²) in [5, 5.41) is 15.5. The number of nitrogens with zero attached hydrogens (tertiary/aromatic N) is 1. The van der Waals surface area contributed by atoms with E-state index in [2.05, 4.69) is 10.5 Å². The summed E-state index contributed by atoms with van der Waals surface area (Å²) in [6.45, 7) is 2.42. The summed E-state index contributed by atoms with van der Waals surface area (Å²) in [4.78, 5) is 10.8. The summed E-state index contributed by atoms with van der Waals surface area (Å²) in [5.74, 6) is -0.870. The van der Waals surface area contributed by atoms with Crippen LogP contribution in [0.15, 0.2) is 28.8 Å². The average molecular weight is 264 g/mol. The first-order valence-electron chi connectivity index (χ1n) is 5.71. The molecule has 0 saturated heterocycles. The van der Waals surface area contributed by atoms with Crippen LogP contribution in [0.2, 0.25) is 0 Å². The molecule has 0 aliphatic heterocycles. The van der Waals surface area contributed by atoms with Gasteiger partial charge in [0.1, 0.15) is 5.82 Å². The van der Waals surface area contributed by atoms with Gasteiger partial charge in [0.15, 0.2) is 5.76 Å². The van der Waals surface area contributed by atoms with Crippen LogP contribution in [-0.4, -0.2) is 16.2 Å². The van der Waals surface area contributed by atoms with E-state index in [1.54, 1.807) is 6.07 Å². The number of hydrogen-bond donors (Lipinski definition) is 2. The maximum atomic E-state index is 13.5. The molecule has 0 aliphatic rings. The number of carbonyl (C=O) groups is 1. The molecule has 0 unspecified atom stereocenters. The SMILES string of the molecule is Cc1cc(CNCc2cc(C(=O)O)ccc2F)on1. The predicted molar refractivity (Wildman–Crippen MR) is 65.1 cm³/mol. The Balaban J connectivity index is 1.99. The van der Waals surface area contributed by atoms with E-state index in [9.17, 15) is 9.18 Å². The zero-order chi connectivity index (χ0) is 13.8. The lowest BCUT2D eigenvalue weighted by Crippen LogP contribution is -2.14. The number of aromatic nitrogens is 1. The Morgan fingerprint density at radius 2 is 2.21 bits per heavy atom. The van der Waals surface area contributed by atoms with Crippen LogP contribution in [0.25, 0.3) is 0 Å². The van der Waals surface area contributed by atoms with Crippen molar-refractivity contribution in [3.05, 3.63) is 52.7 Å². The van der Waals surface area contributed by atoms with Gasteiger partial charge in [-0.2, -0.15) is 0 Å². The second-order valence-electron chi connectivity index (χ2n) is 4.15. The second kappa shape index (κ2) is 5.62. The number of aryl methyl sites for hydroxylation is 1. The molecule has 1 heterocycles. The molecule has 0 radical (unpaired) electrons. The fourth-order valence-electron chi connectivity index (χ4n) is 1.66. The Labute approximate surface area is 109 Å². The molecule has 1 aromatic heterocycles. The summed E-state index contributed by atoms with van der Waals surface area (Å²) in [5.41, 5.74) is 1.14. The first kappa shape index (κ1) is 13.2. The quantitative estimate of drug-likeness (QED) is 0.865. The Bertz CT molecular complexity index is 595. The maximum absolute atomic E-state index is 13.5. The van der Waals surface area contributed by atoms with E-state index in [1.807, 2.05) is 6.92 Å². The minimum atomic E-state index is -1.08. The molecule has 19 heavy (non-hydrogen) atoms. The first-order chi connectivity index (χ1) is 9.06. The molecule has 2 N–H and O–H groups in total. The second-order valence-corrected chi connectivity index (χ2v) is 4.15. The van der Waals surface area contributed by atoms with Crippen LogP contribution in [0.3, 0.4) is 0 Å². The molecule has 6 heteroatoms. The Morgan fingerprint density at radius 1 is 1.42 bits per heavy atom. The van der Waals surface area contributed by atoms with Crippen LogP contribution in [-0.2, 0) is 13.1 Å². The van der Waals surface area contributed by atoms with Gasteiger partial charge >= 0.3 is 5.97 Å². The molecule has 0 bridgehead atoms. The van der Waals surface area contributed by atoms with E-state index in [0.29, 0.717) is 17.9 Å². The molecule has 1 aromatic carbocycles. The molecule has 0 spiro atoms. The third-order valence-corrected chi connectivity index (χ3v) is 2.58. The number of halogens is 1. The highest BCUT2D eigenvalue weighted by Crippen LogP contribution is 2.11. The van der Waals surface area contributed by atoms with Gasteiger partial charge in [-0.3, -0.25) is 0 Å². The van der Waals surface area contributed by atoms with Crippen molar-refractivity contribution >= 4 is 5.97 Å². The van der Waals surface area contributed by atoms with Crippen LogP contribution in [0.1, 0.15) is 27.4 Å². The van der Waals surface area contributed by atoms with E-state index in [-0.39, 0.29) is 12.1 Å². The lowest BCUT2D eigenvalue weighted by Gasteiger charge is -2.05. The van der Waals surface area contributed by atoms with Gasteiger partial charge in [-0.25, -0.2) is 9.18 Å². The van der Waals surface area contributed by atoms with Crippen molar-refractivity contribution in [3.63, 3.8) is 0 Å². The van der Waals surface area contributed by atoms with Crippen LogP contribution >= 0.6 is 0 Å². The van der Waals surface area contributed by atoms with Gasteiger partial charge in [-0.1, -0.05) is 5.16 Å². The molecule has 0 aliphatic carbocycles. The van der Waals surface area contributed by atoms with E-state index in [4.69, 9.17) is 9.63 Å². The lowest BCUT2D eigenvalue weighted by atomic mass is 10.1. The third kappa shape index (κ3) is 3.38. The van der Waals surface area contributed by atoms with Crippen LogP contribution in [0.5, 0.6) is 0 Å². The molecule has 2 aromatic rings. The number of benzene rings is 1. The van der Waals surface area contributed by atoms with Gasteiger partial charge in [-0.05, 0) is 25.1 Å². The van der Waals surface area contributed by atoms with Crippen molar-refractivity contribution in [2.45, 2.75) is 20.0 Å². The van der Waals surface area contributed by atoms with Crippen molar-refractivity contribution in [2.24, 2.45) is 0 Å². The molecule has 0 saturated carbocycles. The number of aromatic carboxylic acids is 1. The Kier molecular flexibility index (Phi) is 3.91. The highest BCUT2D eigenvalue weighted by atomic mass is 19.1. The summed E-state index contributed by atoms with van der Waals surface area (Å²) in [6.07, 6.45) is 0. The van der Waals surface area contributed by atoms with Gasteiger partial charge in [0.05, 0.1) is 17.8 Å². The maximum Gasteiger partial charge on any atom is 0.335 e. The monoisotopic (exact) mass is 264 g/mol. The van der Waals surface area contributed by atoms with Gasteiger partial charge < -0.3 is 14.9 Å². The first-order valence-corrected chi connectivity index (χ1v) is 5.71. The van der Waals surface area contributed by atoms with Crippen molar-refractivity contribution in [1.29, 1.82) is 0 Å². The number of nitrogens with one attached hydrogen (secondary N) is 1. The van der Waals surface area contributed by atoms with Crippen molar-refractivity contribution in [2.75, 3.05) is 0 Å². The van der Waals surface area contributed by atoms with Gasteiger partial charge in [0.2, 0.25) is 0 Å². The lowest BCUT2D eigenvalue weighted by molar-refractivity contribution is 0.0696. The van der Waals surface area contributed by atoms with Gasteiger partial charge in [0, 0.05) is 18.2 Å². The zero-order valence-electron chi connectivity index (χ0n) is 10.3. The zero-order valence-corrected chi connectivity index (χ0v) is 10.3. The van der Waals surface area contributed by atoms with E-state index in [0.717, 1.165) is 11.8 Å². The number of carboxylic acids is 1. The average Bonchev–Trinajstić information content (AvgIpc) is 2.77. The van der Waals surface area contributed by atoms with Crippen LogP contribution < -0.4 is 5.32 Å². The fourth-order valence-corrected chi connectivity index (χ4v) is 1.66. The highest BCUT2D eigenvalue weighted by molar-refractivity contribution is 5.87. The molecule has 5 nitrogen and oxygen atoms in total. The summed E-state index contributed by atoms with van der Waals surface area (Å²) in [6, 6.07) is 5.48. The van der Waals surface area contributed by atoms with Crippen LogP contribution in [0.4, 0.5) is 4.39 Å². The van der Waals surface area contributed by atoms with Crippen LogP contribution in [0, 0.1) is 12.7 Å². The van der Waals surface area contributed by atoms with Crippen molar-refractivity contribution in [3.8, 4) is 0 Å². The van der Waals surface area contributed by atoms with Gasteiger partial charge in [0.25, 0.3) is 0 Å². The smallest absolute Gasteiger partial charge is 0.335 e. The summed E-state index contributed by atoms with van der Waals surface area (Å²) < 4.78 is 18.5. The minimum Gasteiger partial charge on any atom is -0.478 e. The number of rotatable bonds is 5. The normalized spacial score (nSPS) is 10.6. The molecular weight excluding hydrogens is 251 g/mol. The highest BCUT2D eigenvalue weighted by Gasteiger charge is 2.08. The topological polar surface area (TPSA) is 75.4 Å². The predicted octanol–water partition coefficient (Wildman–Crippen LogP) is 2.11. The van der Waals surface area contributed by atoms with E-state index < -0.39 is 11.8 Å².